The van der Waals surface area contributed by atoms with E-state index in [0.29, 0.717) is 21.7 Å². The van der Waals surface area contributed by atoms with Gasteiger partial charge >= 0.3 is 0 Å². The first-order valence-electron chi connectivity index (χ1n) is 8.77. The lowest BCUT2D eigenvalue weighted by atomic mass is 10.1. The van der Waals surface area contributed by atoms with Crippen LogP contribution >= 0.6 is 23.4 Å². The second-order valence-electron chi connectivity index (χ2n) is 6.44. The average molecular weight is 413 g/mol. The lowest BCUT2D eigenvalue weighted by Crippen LogP contribution is -2.41. The minimum absolute atomic E-state index is 0.144. The number of thioether (sulfide) groups is 1. The molecule has 2 heterocycles. The number of hydrogen-bond acceptors (Lipinski definition) is 5. The molecule has 2 aromatic rings. The summed E-state index contributed by atoms with van der Waals surface area (Å²) >= 11 is 7.33. The Morgan fingerprint density at radius 1 is 1.21 bits per heavy atom. The van der Waals surface area contributed by atoms with Crippen molar-refractivity contribution < 1.29 is 9.59 Å². The third-order valence-corrected chi connectivity index (χ3v) is 5.82. The topological polar surface area (TPSA) is 74.1 Å². The van der Waals surface area contributed by atoms with Crippen LogP contribution in [0.5, 0.6) is 0 Å². The molecule has 2 atom stereocenters. The van der Waals surface area contributed by atoms with Crippen LogP contribution in [-0.2, 0) is 9.59 Å². The van der Waals surface area contributed by atoms with Gasteiger partial charge in [0.1, 0.15) is 11.9 Å². The third kappa shape index (κ3) is 3.31. The van der Waals surface area contributed by atoms with E-state index in [1.165, 1.54) is 16.7 Å². The Bertz CT molecular complexity index is 1040. The van der Waals surface area contributed by atoms with Gasteiger partial charge in [-0.2, -0.15) is 0 Å². The highest BCUT2D eigenvalue weighted by Gasteiger charge is 2.40. The molecule has 28 heavy (non-hydrogen) atoms. The summed E-state index contributed by atoms with van der Waals surface area (Å²) in [6.07, 6.45) is 0. The molecule has 0 radical (unpaired) electrons. The molecule has 0 bridgehead atoms. The lowest BCUT2D eigenvalue weighted by Gasteiger charge is -2.26. The van der Waals surface area contributed by atoms with E-state index in [1.54, 1.807) is 38.1 Å². The van der Waals surface area contributed by atoms with E-state index < -0.39 is 11.3 Å². The number of rotatable bonds is 3. The summed E-state index contributed by atoms with van der Waals surface area (Å²) in [6.45, 7) is 3.52. The van der Waals surface area contributed by atoms with Crippen molar-refractivity contribution in [3.63, 3.8) is 0 Å². The summed E-state index contributed by atoms with van der Waals surface area (Å²) in [4.78, 5) is 35.9. The Morgan fingerprint density at radius 2 is 1.93 bits per heavy atom. The van der Waals surface area contributed by atoms with Crippen LogP contribution in [-0.4, -0.2) is 39.0 Å². The van der Waals surface area contributed by atoms with Crippen molar-refractivity contribution in [1.29, 1.82) is 0 Å². The Labute approximate surface area is 171 Å². The molecule has 142 valence electrons. The summed E-state index contributed by atoms with van der Waals surface area (Å²) in [5.74, 6) is 0.219. The number of aliphatic imine (C=N–C) groups is 2. The van der Waals surface area contributed by atoms with Gasteiger partial charge < -0.3 is 5.32 Å². The molecular formula is C20H17ClN4O2S. The molecule has 0 saturated carbocycles. The van der Waals surface area contributed by atoms with E-state index in [1.807, 2.05) is 24.3 Å². The molecule has 2 aromatic carbocycles. The number of para-hydroxylation sites is 2. The number of amides is 2. The van der Waals surface area contributed by atoms with Gasteiger partial charge in [0, 0.05) is 5.56 Å². The number of nitrogens with one attached hydrogen (secondary N) is 1. The fourth-order valence-corrected chi connectivity index (χ4v) is 4.06. The molecule has 0 aromatic heterocycles. The second-order valence-corrected chi connectivity index (χ2v) is 8.16. The highest BCUT2D eigenvalue weighted by Crippen LogP contribution is 2.34. The third-order valence-electron chi connectivity index (χ3n) is 4.44. The van der Waals surface area contributed by atoms with Crippen molar-refractivity contribution in [1.82, 2.24) is 4.90 Å². The van der Waals surface area contributed by atoms with Crippen LogP contribution in [0.3, 0.4) is 0 Å². The number of amidine groups is 2. The molecule has 2 aliphatic rings. The number of carbonyl (C=O) groups is 2. The maximum atomic E-state index is 12.6. The van der Waals surface area contributed by atoms with E-state index in [-0.39, 0.29) is 11.8 Å². The fraction of sp³-hybridized carbons (Fsp3) is 0.200. The zero-order valence-electron chi connectivity index (χ0n) is 15.2. The van der Waals surface area contributed by atoms with E-state index in [0.717, 1.165) is 11.3 Å². The Morgan fingerprint density at radius 3 is 2.71 bits per heavy atom. The average Bonchev–Trinajstić information content (AvgIpc) is 2.99. The van der Waals surface area contributed by atoms with E-state index >= 15 is 0 Å². The van der Waals surface area contributed by atoms with Crippen LogP contribution in [0.2, 0.25) is 5.02 Å². The van der Waals surface area contributed by atoms with Gasteiger partial charge in [-0.15, -0.1) is 0 Å². The smallest absolute Gasteiger partial charge is 0.258 e. The largest absolute Gasteiger partial charge is 0.324 e. The number of hydrogen-bond donors (Lipinski definition) is 1. The van der Waals surface area contributed by atoms with Gasteiger partial charge in [-0.25, -0.2) is 9.89 Å². The monoisotopic (exact) mass is 412 g/mol. The summed E-state index contributed by atoms with van der Waals surface area (Å²) in [6, 6.07) is 14.1. The summed E-state index contributed by atoms with van der Waals surface area (Å²) in [7, 11) is 0. The predicted molar refractivity (Wildman–Crippen MR) is 114 cm³/mol. The number of anilines is 1. The van der Waals surface area contributed by atoms with Gasteiger partial charge in [0.05, 0.1) is 21.6 Å². The molecule has 8 heteroatoms. The molecule has 2 aliphatic heterocycles. The number of carbonyl (C=O) groups excluding carboxylic acids is 2. The van der Waals surface area contributed by atoms with Crippen molar-refractivity contribution in [2.45, 2.75) is 25.1 Å². The van der Waals surface area contributed by atoms with E-state index in [9.17, 15) is 9.59 Å². The van der Waals surface area contributed by atoms with Gasteiger partial charge in [0.2, 0.25) is 5.91 Å². The first kappa shape index (κ1) is 18.7. The Balaban J connectivity index is 1.59. The zero-order chi connectivity index (χ0) is 19.8. The Hall–Kier alpha value is -2.64. The van der Waals surface area contributed by atoms with Crippen molar-refractivity contribution >= 4 is 57.6 Å². The van der Waals surface area contributed by atoms with Gasteiger partial charge in [0.25, 0.3) is 5.91 Å². The SMILES string of the molecule is C[C@@H]1N=C2c3ccccc3N=C(S[C@H](C)C(=O)Nc3ccccc3Cl)N2C1=O. The van der Waals surface area contributed by atoms with Crippen LogP contribution < -0.4 is 5.32 Å². The van der Waals surface area contributed by atoms with Crippen molar-refractivity contribution in [3.05, 3.63) is 59.1 Å². The summed E-state index contributed by atoms with van der Waals surface area (Å²) in [5, 5.41) is 3.24. The maximum Gasteiger partial charge on any atom is 0.258 e. The van der Waals surface area contributed by atoms with E-state index in [4.69, 9.17) is 11.6 Å². The van der Waals surface area contributed by atoms with Crippen LogP contribution in [0.4, 0.5) is 11.4 Å². The highest BCUT2D eigenvalue weighted by atomic mass is 35.5. The molecule has 1 N–H and O–H groups in total. The molecule has 0 aliphatic carbocycles. The van der Waals surface area contributed by atoms with Crippen molar-refractivity contribution in [2.75, 3.05) is 5.32 Å². The van der Waals surface area contributed by atoms with Crippen molar-refractivity contribution in [2.24, 2.45) is 9.98 Å². The summed E-state index contributed by atoms with van der Waals surface area (Å²) in [5.41, 5.74) is 2.10. The van der Waals surface area contributed by atoms with Gasteiger partial charge in [0.15, 0.2) is 5.17 Å². The summed E-state index contributed by atoms with van der Waals surface area (Å²) < 4.78 is 0. The molecule has 0 saturated heterocycles. The molecule has 0 spiro atoms. The molecule has 0 unspecified atom stereocenters. The zero-order valence-corrected chi connectivity index (χ0v) is 16.8. The quantitative estimate of drug-likeness (QED) is 0.825. The first-order valence-corrected chi connectivity index (χ1v) is 10.0. The van der Waals surface area contributed by atoms with Crippen LogP contribution in [0.25, 0.3) is 0 Å². The second kappa shape index (κ2) is 7.41. The number of benzene rings is 2. The molecular weight excluding hydrogens is 396 g/mol. The van der Waals surface area contributed by atoms with Crippen molar-refractivity contribution in [3.8, 4) is 0 Å². The number of nitrogens with zero attached hydrogens (tertiary/aromatic N) is 3. The van der Waals surface area contributed by atoms with Crippen LogP contribution in [0.15, 0.2) is 58.5 Å². The normalized spacial score (nSPS) is 18.8. The number of fused-ring (bicyclic) bond motifs is 3. The minimum atomic E-state index is -0.495. The number of halogens is 1. The Kier molecular flexibility index (Phi) is 4.95. The van der Waals surface area contributed by atoms with Crippen LogP contribution in [0.1, 0.15) is 19.4 Å². The highest BCUT2D eigenvalue weighted by molar-refractivity contribution is 8.15. The van der Waals surface area contributed by atoms with Gasteiger partial charge in [-0.3, -0.25) is 14.6 Å². The standard InChI is InChI=1S/C20H17ClN4O2S/c1-11-19(27)25-17(22-11)13-7-3-5-9-15(13)24-20(25)28-12(2)18(26)23-16-10-6-4-8-14(16)21/h3-12H,1-2H3,(H,23,26)/t11-,12+/m0/s1. The molecule has 0 fully saturated rings. The lowest BCUT2D eigenvalue weighted by molar-refractivity contribution is -0.124. The molecule has 2 amide bonds. The first-order chi connectivity index (χ1) is 13.5. The maximum absolute atomic E-state index is 12.6. The van der Waals surface area contributed by atoms with E-state index in [2.05, 4.69) is 15.3 Å². The molecule has 6 nitrogen and oxygen atoms in total. The minimum Gasteiger partial charge on any atom is -0.324 e. The fourth-order valence-electron chi connectivity index (χ4n) is 2.96. The van der Waals surface area contributed by atoms with Crippen LogP contribution in [0, 0.1) is 0 Å². The van der Waals surface area contributed by atoms with Gasteiger partial charge in [-0.1, -0.05) is 47.6 Å². The predicted octanol–water partition coefficient (Wildman–Crippen LogP) is 4.08. The molecule has 4 rings (SSSR count). The van der Waals surface area contributed by atoms with Gasteiger partial charge in [-0.05, 0) is 38.1 Å².